The summed E-state index contributed by atoms with van der Waals surface area (Å²) in [6.45, 7) is 0. The number of pyridine rings is 1. The van der Waals surface area contributed by atoms with Crippen molar-refractivity contribution in [2.45, 2.75) is 6.43 Å². The van der Waals surface area contributed by atoms with Crippen LogP contribution in [0, 0.1) is 3.57 Å². The number of nitrogens with zero attached hydrogens (tertiary/aromatic N) is 1. The zero-order chi connectivity index (χ0) is 8.43. The number of hydrogen-bond donors (Lipinski definition) is 1. The molecule has 0 amide bonds. The van der Waals surface area contributed by atoms with Gasteiger partial charge in [-0.2, -0.15) is 0 Å². The van der Waals surface area contributed by atoms with E-state index in [2.05, 4.69) is 4.98 Å². The van der Waals surface area contributed by atoms with Gasteiger partial charge in [-0.1, -0.05) is 0 Å². The predicted octanol–water partition coefficient (Wildman–Crippen LogP) is 2.33. The third kappa shape index (κ3) is 1.76. The molecule has 0 aliphatic carbocycles. The first-order valence-electron chi connectivity index (χ1n) is 2.73. The molecule has 0 radical (unpaired) electrons. The Morgan fingerprint density at radius 1 is 1.45 bits per heavy atom. The molecule has 0 saturated carbocycles. The van der Waals surface area contributed by atoms with E-state index < -0.39 is 6.43 Å². The van der Waals surface area contributed by atoms with E-state index in [4.69, 9.17) is 5.11 Å². The molecule has 11 heavy (non-hydrogen) atoms. The maximum Gasteiger partial charge on any atom is 0.266 e. The minimum Gasteiger partial charge on any atom is -0.505 e. The highest BCUT2D eigenvalue weighted by atomic mass is 127. The second-order valence-corrected chi connectivity index (χ2v) is 2.94. The van der Waals surface area contributed by atoms with E-state index in [-0.39, 0.29) is 14.9 Å². The smallest absolute Gasteiger partial charge is 0.266 e. The minimum atomic E-state index is -2.58. The Morgan fingerprint density at radius 2 is 2.09 bits per heavy atom. The first kappa shape index (κ1) is 8.63. The summed E-state index contributed by atoms with van der Waals surface area (Å²) < 4.78 is 24.3. The Kier molecular flexibility index (Phi) is 2.58. The summed E-state index contributed by atoms with van der Waals surface area (Å²) in [6.07, 6.45) is -0.402. The molecule has 2 nitrogen and oxygen atoms in total. The molecule has 1 rings (SSSR count). The molecular weight excluding hydrogens is 267 g/mol. The van der Waals surface area contributed by atoms with Crippen LogP contribution in [0.1, 0.15) is 12.0 Å². The molecule has 0 spiro atoms. The lowest BCUT2D eigenvalue weighted by atomic mass is 10.3. The second-order valence-electron chi connectivity index (χ2n) is 1.86. The lowest BCUT2D eigenvalue weighted by molar-refractivity contribution is 0.149. The molecule has 0 bridgehead atoms. The monoisotopic (exact) mass is 271 g/mol. The summed E-state index contributed by atoms with van der Waals surface area (Å²) in [4.78, 5) is 3.43. The molecule has 1 aromatic rings. The van der Waals surface area contributed by atoms with Gasteiger partial charge in [0, 0.05) is 6.20 Å². The van der Waals surface area contributed by atoms with Crippen LogP contribution in [0.5, 0.6) is 5.75 Å². The van der Waals surface area contributed by atoms with Crippen LogP contribution in [0.2, 0.25) is 0 Å². The van der Waals surface area contributed by atoms with Crippen LogP contribution in [-0.4, -0.2) is 10.1 Å². The van der Waals surface area contributed by atoms with Crippen LogP contribution in [0.4, 0.5) is 8.78 Å². The second kappa shape index (κ2) is 3.29. The van der Waals surface area contributed by atoms with E-state index in [1.54, 1.807) is 22.6 Å². The zero-order valence-corrected chi connectivity index (χ0v) is 7.42. The molecule has 5 heteroatoms. The van der Waals surface area contributed by atoms with E-state index in [0.717, 1.165) is 12.4 Å². The SMILES string of the molecule is Oc1cncc(C(F)F)c1I. The number of alkyl halides is 2. The number of hydrogen-bond acceptors (Lipinski definition) is 2. The van der Waals surface area contributed by atoms with Gasteiger partial charge in [0.15, 0.2) is 0 Å². The van der Waals surface area contributed by atoms with Crippen LogP contribution < -0.4 is 0 Å². The van der Waals surface area contributed by atoms with Gasteiger partial charge < -0.3 is 5.11 Å². The van der Waals surface area contributed by atoms with Gasteiger partial charge in [0.2, 0.25) is 0 Å². The fraction of sp³-hybridized carbons (Fsp3) is 0.167. The third-order valence-electron chi connectivity index (χ3n) is 1.12. The molecule has 0 unspecified atom stereocenters. The number of rotatable bonds is 1. The molecule has 1 heterocycles. The molecule has 1 aromatic heterocycles. The highest BCUT2D eigenvalue weighted by Gasteiger charge is 2.13. The molecule has 60 valence electrons. The Balaban J connectivity index is 3.17. The van der Waals surface area contributed by atoms with Crippen molar-refractivity contribution in [3.05, 3.63) is 21.5 Å². The van der Waals surface area contributed by atoms with Gasteiger partial charge in [-0.05, 0) is 22.6 Å². The third-order valence-corrected chi connectivity index (χ3v) is 2.30. The van der Waals surface area contributed by atoms with Gasteiger partial charge in [-0.3, -0.25) is 4.98 Å². The van der Waals surface area contributed by atoms with E-state index in [1.807, 2.05) is 0 Å². The van der Waals surface area contributed by atoms with Crippen LogP contribution in [-0.2, 0) is 0 Å². The van der Waals surface area contributed by atoms with E-state index in [0.29, 0.717) is 0 Å². The summed E-state index contributed by atoms with van der Waals surface area (Å²) in [5.41, 5.74) is -0.231. The average Bonchev–Trinajstić information content (AvgIpc) is 1.94. The van der Waals surface area contributed by atoms with Crippen molar-refractivity contribution in [1.82, 2.24) is 4.98 Å². The Hall–Kier alpha value is -0.460. The summed E-state index contributed by atoms with van der Waals surface area (Å²) in [7, 11) is 0. The fourth-order valence-corrected chi connectivity index (χ4v) is 1.12. The van der Waals surface area contributed by atoms with Crippen LogP contribution in [0.15, 0.2) is 12.4 Å². The first-order chi connectivity index (χ1) is 5.13. The van der Waals surface area contributed by atoms with E-state index in [1.165, 1.54) is 0 Å². The van der Waals surface area contributed by atoms with Crippen molar-refractivity contribution in [3.63, 3.8) is 0 Å². The van der Waals surface area contributed by atoms with Crippen LogP contribution in [0.3, 0.4) is 0 Å². The van der Waals surface area contributed by atoms with Gasteiger partial charge in [-0.25, -0.2) is 8.78 Å². The molecule has 0 aliphatic heterocycles. The van der Waals surface area contributed by atoms with Crippen molar-refractivity contribution in [1.29, 1.82) is 0 Å². The lowest BCUT2D eigenvalue weighted by Crippen LogP contribution is -1.90. The van der Waals surface area contributed by atoms with Crippen molar-refractivity contribution >= 4 is 22.6 Å². The number of halogens is 3. The highest BCUT2D eigenvalue weighted by molar-refractivity contribution is 14.1. The van der Waals surface area contributed by atoms with Crippen molar-refractivity contribution in [2.24, 2.45) is 0 Å². The van der Waals surface area contributed by atoms with Crippen molar-refractivity contribution in [3.8, 4) is 5.75 Å². The number of aromatic nitrogens is 1. The molecule has 0 saturated heterocycles. The van der Waals surface area contributed by atoms with Gasteiger partial charge in [0.25, 0.3) is 6.43 Å². The summed E-state index contributed by atoms with van der Waals surface area (Å²) in [5, 5.41) is 8.95. The summed E-state index contributed by atoms with van der Waals surface area (Å²) in [5.74, 6) is -0.205. The number of aromatic hydroxyl groups is 1. The van der Waals surface area contributed by atoms with Gasteiger partial charge >= 0.3 is 0 Å². The average molecular weight is 271 g/mol. The maximum absolute atomic E-state index is 12.1. The Bertz CT molecular complexity index is 267. The van der Waals surface area contributed by atoms with Crippen molar-refractivity contribution < 1.29 is 13.9 Å². The Labute approximate surface area is 75.4 Å². The summed E-state index contributed by atoms with van der Waals surface area (Å²) in [6, 6.07) is 0. The molecular formula is C6H4F2INO. The van der Waals surface area contributed by atoms with E-state index >= 15 is 0 Å². The standard InChI is InChI=1S/C6H4F2INO/c7-6(8)3-1-10-2-4(11)5(3)9/h1-2,6,11H. The quantitative estimate of drug-likeness (QED) is 0.795. The van der Waals surface area contributed by atoms with Crippen LogP contribution >= 0.6 is 22.6 Å². The first-order valence-corrected chi connectivity index (χ1v) is 3.81. The normalized spacial score (nSPS) is 10.5. The van der Waals surface area contributed by atoms with Gasteiger partial charge in [0.05, 0.1) is 15.3 Å². The lowest BCUT2D eigenvalue weighted by Gasteiger charge is -2.02. The van der Waals surface area contributed by atoms with Gasteiger partial charge in [-0.15, -0.1) is 0 Å². The van der Waals surface area contributed by atoms with Gasteiger partial charge in [0.1, 0.15) is 5.75 Å². The highest BCUT2D eigenvalue weighted by Crippen LogP contribution is 2.28. The maximum atomic E-state index is 12.1. The minimum absolute atomic E-state index is 0.160. The molecule has 0 aromatic carbocycles. The predicted molar refractivity (Wildman–Crippen MR) is 43.6 cm³/mol. The summed E-state index contributed by atoms with van der Waals surface area (Å²) >= 11 is 1.65. The molecule has 0 fully saturated rings. The van der Waals surface area contributed by atoms with E-state index in [9.17, 15) is 8.78 Å². The van der Waals surface area contributed by atoms with Crippen molar-refractivity contribution in [2.75, 3.05) is 0 Å². The Morgan fingerprint density at radius 3 is 2.55 bits per heavy atom. The fourth-order valence-electron chi connectivity index (χ4n) is 0.602. The van der Waals surface area contributed by atoms with Crippen LogP contribution in [0.25, 0.3) is 0 Å². The zero-order valence-electron chi connectivity index (χ0n) is 5.26. The molecule has 1 N–H and O–H groups in total. The largest absolute Gasteiger partial charge is 0.505 e. The molecule has 0 aliphatic rings. The molecule has 0 atom stereocenters. The topological polar surface area (TPSA) is 33.1 Å².